The molecule has 1 unspecified atom stereocenters. The van der Waals surface area contributed by atoms with Crippen LogP contribution in [0.25, 0.3) is 0 Å². The monoisotopic (exact) mass is 240 g/mol. The van der Waals surface area contributed by atoms with E-state index < -0.39 is 10.0 Å². The van der Waals surface area contributed by atoms with Crippen molar-refractivity contribution in [1.29, 1.82) is 0 Å². The molecule has 2 N–H and O–H groups in total. The predicted octanol–water partition coefficient (Wildman–Crippen LogP) is 1.58. The molecular formula is C11H16N2O2S. The lowest BCUT2D eigenvalue weighted by Gasteiger charge is -2.10. The van der Waals surface area contributed by atoms with Crippen molar-refractivity contribution in [3.05, 3.63) is 36.9 Å². The molecule has 0 aliphatic carbocycles. The molecule has 88 valence electrons. The Morgan fingerprint density at radius 1 is 1.31 bits per heavy atom. The molecule has 0 amide bonds. The van der Waals surface area contributed by atoms with Crippen LogP contribution in [0.2, 0.25) is 0 Å². The molecule has 0 heterocycles. The molecule has 0 aliphatic rings. The third-order valence-corrected chi connectivity index (χ3v) is 3.72. The molecule has 0 spiro atoms. The standard InChI is InChI=1S/C11H16N2O2S/c1-4-9(2)13-16(14,15)11-7-5-10(12-3)6-8-11/h4-9,12-13H,1H2,2-3H3. The summed E-state index contributed by atoms with van der Waals surface area (Å²) in [7, 11) is -1.67. The normalized spacial score (nSPS) is 13.1. The summed E-state index contributed by atoms with van der Waals surface area (Å²) in [5.74, 6) is 0. The van der Waals surface area contributed by atoms with Crippen molar-refractivity contribution in [3.8, 4) is 0 Å². The van der Waals surface area contributed by atoms with Gasteiger partial charge < -0.3 is 5.32 Å². The van der Waals surface area contributed by atoms with Crippen LogP contribution in [0.15, 0.2) is 41.8 Å². The van der Waals surface area contributed by atoms with E-state index in [1.807, 2.05) is 0 Å². The molecule has 0 aliphatic heterocycles. The van der Waals surface area contributed by atoms with Crippen molar-refractivity contribution >= 4 is 15.7 Å². The Labute approximate surface area is 96.4 Å². The van der Waals surface area contributed by atoms with Crippen LogP contribution in [0.5, 0.6) is 0 Å². The maximum Gasteiger partial charge on any atom is 0.241 e. The molecule has 0 radical (unpaired) electrons. The third-order valence-electron chi connectivity index (χ3n) is 2.15. The summed E-state index contributed by atoms with van der Waals surface area (Å²) in [6, 6.07) is 6.27. The van der Waals surface area contributed by atoms with Crippen LogP contribution in [0.4, 0.5) is 5.69 Å². The highest BCUT2D eigenvalue weighted by Gasteiger charge is 2.15. The van der Waals surface area contributed by atoms with E-state index in [0.29, 0.717) is 0 Å². The van der Waals surface area contributed by atoms with Crippen LogP contribution in [0.1, 0.15) is 6.92 Å². The van der Waals surface area contributed by atoms with Gasteiger partial charge in [-0.3, -0.25) is 0 Å². The number of rotatable bonds is 5. The van der Waals surface area contributed by atoms with Gasteiger partial charge in [-0.15, -0.1) is 6.58 Å². The van der Waals surface area contributed by atoms with E-state index >= 15 is 0 Å². The first-order chi connectivity index (χ1) is 7.49. The molecule has 0 bridgehead atoms. The Balaban J connectivity index is 2.94. The molecule has 1 atom stereocenters. The summed E-state index contributed by atoms with van der Waals surface area (Å²) < 4.78 is 26.1. The lowest BCUT2D eigenvalue weighted by molar-refractivity contribution is 0.576. The van der Waals surface area contributed by atoms with Crippen molar-refractivity contribution in [1.82, 2.24) is 4.72 Å². The molecule has 0 aromatic heterocycles. The van der Waals surface area contributed by atoms with Gasteiger partial charge >= 0.3 is 0 Å². The Morgan fingerprint density at radius 3 is 2.31 bits per heavy atom. The van der Waals surface area contributed by atoms with Gasteiger partial charge in [-0.1, -0.05) is 6.08 Å². The second-order valence-electron chi connectivity index (χ2n) is 3.42. The van der Waals surface area contributed by atoms with E-state index in [9.17, 15) is 8.42 Å². The minimum absolute atomic E-state index is 0.250. The highest BCUT2D eigenvalue weighted by Crippen LogP contribution is 2.13. The molecule has 1 aromatic rings. The van der Waals surface area contributed by atoms with Crippen LogP contribution in [-0.4, -0.2) is 21.5 Å². The zero-order chi connectivity index (χ0) is 12.2. The summed E-state index contributed by atoms with van der Waals surface area (Å²) in [4.78, 5) is 0.250. The van der Waals surface area contributed by atoms with Gasteiger partial charge in [0.15, 0.2) is 0 Å². The summed E-state index contributed by atoms with van der Waals surface area (Å²) in [6.07, 6.45) is 1.54. The topological polar surface area (TPSA) is 58.2 Å². The van der Waals surface area contributed by atoms with Gasteiger partial charge in [-0.2, -0.15) is 0 Å². The van der Waals surface area contributed by atoms with Crippen molar-refractivity contribution < 1.29 is 8.42 Å². The first-order valence-electron chi connectivity index (χ1n) is 4.92. The first kappa shape index (κ1) is 12.7. The fourth-order valence-corrected chi connectivity index (χ4v) is 2.38. The molecule has 1 rings (SSSR count). The second kappa shape index (κ2) is 5.14. The molecular weight excluding hydrogens is 224 g/mol. The van der Waals surface area contributed by atoms with Crippen molar-refractivity contribution in [2.45, 2.75) is 17.9 Å². The van der Waals surface area contributed by atoms with E-state index in [-0.39, 0.29) is 10.9 Å². The van der Waals surface area contributed by atoms with E-state index in [0.717, 1.165) is 5.69 Å². The fraction of sp³-hybridized carbons (Fsp3) is 0.273. The smallest absolute Gasteiger partial charge is 0.241 e. The van der Waals surface area contributed by atoms with E-state index in [1.54, 1.807) is 44.3 Å². The minimum Gasteiger partial charge on any atom is -0.388 e. The average Bonchev–Trinajstić information content (AvgIpc) is 2.28. The summed E-state index contributed by atoms with van der Waals surface area (Å²) in [5.41, 5.74) is 0.871. The quantitative estimate of drug-likeness (QED) is 0.768. The van der Waals surface area contributed by atoms with Crippen LogP contribution in [-0.2, 0) is 10.0 Å². The van der Waals surface area contributed by atoms with Gasteiger partial charge in [0, 0.05) is 18.8 Å². The Bertz CT molecular complexity index is 451. The van der Waals surface area contributed by atoms with E-state index in [2.05, 4.69) is 16.6 Å². The fourth-order valence-electron chi connectivity index (χ4n) is 1.16. The van der Waals surface area contributed by atoms with Gasteiger partial charge in [-0.25, -0.2) is 13.1 Å². The second-order valence-corrected chi connectivity index (χ2v) is 5.13. The van der Waals surface area contributed by atoms with Crippen molar-refractivity contribution in [2.24, 2.45) is 0 Å². The largest absolute Gasteiger partial charge is 0.388 e. The highest BCUT2D eigenvalue weighted by molar-refractivity contribution is 7.89. The number of nitrogens with one attached hydrogen (secondary N) is 2. The molecule has 4 nitrogen and oxygen atoms in total. The Kier molecular flexibility index (Phi) is 4.09. The van der Waals surface area contributed by atoms with Crippen molar-refractivity contribution in [2.75, 3.05) is 12.4 Å². The summed E-state index contributed by atoms with van der Waals surface area (Å²) in [5, 5.41) is 2.93. The van der Waals surface area contributed by atoms with E-state index in [4.69, 9.17) is 0 Å². The number of sulfonamides is 1. The molecule has 0 saturated carbocycles. The van der Waals surface area contributed by atoms with Crippen LogP contribution >= 0.6 is 0 Å². The number of anilines is 1. The average molecular weight is 240 g/mol. The molecule has 0 saturated heterocycles. The van der Waals surface area contributed by atoms with Crippen molar-refractivity contribution in [3.63, 3.8) is 0 Å². The molecule has 1 aromatic carbocycles. The Morgan fingerprint density at radius 2 is 1.88 bits per heavy atom. The lowest BCUT2D eigenvalue weighted by Crippen LogP contribution is -2.30. The number of hydrogen-bond donors (Lipinski definition) is 2. The van der Waals surface area contributed by atoms with Gasteiger partial charge in [-0.05, 0) is 31.2 Å². The van der Waals surface area contributed by atoms with Gasteiger partial charge in [0.25, 0.3) is 0 Å². The molecule has 16 heavy (non-hydrogen) atoms. The van der Waals surface area contributed by atoms with Gasteiger partial charge in [0.05, 0.1) is 4.90 Å². The van der Waals surface area contributed by atoms with Crippen LogP contribution in [0.3, 0.4) is 0 Å². The van der Waals surface area contributed by atoms with Gasteiger partial charge in [0.2, 0.25) is 10.0 Å². The zero-order valence-electron chi connectivity index (χ0n) is 9.40. The summed E-state index contributed by atoms with van der Waals surface area (Å²) in [6.45, 7) is 5.26. The maximum atomic E-state index is 11.8. The minimum atomic E-state index is -3.45. The third kappa shape index (κ3) is 3.08. The summed E-state index contributed by atoms with van der Waals surface area (Å²) >= 11 is 0. The zero-order valence-corrected chi connectivity index (χ0v) is 10.2. The van der Waals surface area contributed by atoms with E-state index in [1.165, 1.54) is 0 Å². The maximum absolute atomic E-state index is 11.8. The number of hydrogen-bond acceptors (Lipinski definition) is 3. The molecule has 0 fully saturated rings. The first-order valence-corrected chi connectivity index (χ1v) is 6.40. The Hall–Kier alpha value is -1.33. The SMILES string of the molecule is C=CC(C)NS(=O)(=O)c1ccc(NC)cc1. The van der Waals surface area contributed by atoms with Gasteiger partial charge in [0.1, 0.15) is 0 Å². The highest BCUT2D eigenvalue weighted by atomic mass is 32.2. The van der Waals surface area contributed by atoms with Crippen LogP contribution < -0.4 is 10.0 Å². The number of benzene rings is 1. The lowest BCUT2D eigenvalue weighted by atomic mass is 10.3. The predicted molar refractivity (Wildman–Crippen MR) is 66.0 cm³/mol. The van der Waals surface area contributed by atoms with Crippen LogP contribution in [0, 0.1) is 0 Å². The molecule has 5 heteroatoms.